The van der Waals surface area contributed by atoms with Gasteiger partial charge in [0.25, 0.3) is 0 Å². The Bertz CT molecular complexity index is 330. The maximum Gasteiger partial charge on any atom is 0.319 e. The molecule has 1 N–H and O–H groups in total. The van der Waals surface area contributed by atoms with Gasteiger partial charge in [0.15, 0.2) is 0 Å². The highest BCUT2D eigenvalue weighted by molar-refractivity contribution is 14.1. The van der Waals surface area contributed by atoms with Gasteiger partial charge in [0.05, 0.1) is 7.11 Å². The van der Waals surface area contributed by atoms with E-state index in [4.69, 9.17) is 0 Å². The molecule has 6 heteroatoms. The topological polar surface area (TPSA) is 51.2 Å². The molecule has 0 amide bonds. The van der Waals surface area contributed by atoms with Gasteiger partial charge < -0.3 is 10.1 Å². The third-order valence-corrected chi connectivity index (χ3v) is 3.64. The molecule has 0 aliphatic carbocycles. The second kappa shape index (κ2) is 6.39. The van der Waals surface area contributed by atoms with Crippen LogP contribution >= 0.6 is 33.9 Å². The van der Waals surface area contributed by atoms with E-state index in [-0.39, 0.29) is 9.89 Å². The normalized spacial score (nSPS) is 12.5. The molecule has 0 saturated heterocycles. The highest BCUT2D eigenvalue weighted by Gasteiger charge is 2.14. The van der Waals surface area contributed by atoms with Crippen molar-refractivity contribution in [3.05, 3.63) is 16.1 Å². The van der Waals surface area contributed by atoms with E-state index in [1.54, 1.807) is 11.3 Å². The Hall–Kier alpha value is -0.210. The zero-order valence-corrected chi connectivity index (χ0v) is 11.6. The number of aryl methyl sites for hydroxylation is 1. The van der Waals surface area contributed by atoms with Gasteiger partial charge in [0.2, 0.25) is 0 Å². The summed E-state index contributed by atoms with van der Waals surface area (Å²) in [5, 5.41) is 6.22. The van der Waals surface area contributed by atoms with Crippen molar-refractivity contribution in [2.45, 2.75) is 17.4 Å². The molecule has 0 aliphatic rings. The van der Waals surface area contributed by atoms with Gasteiger partial charge in [-0.2, -0.15) is 0 Å². The third-order valence-electron chi connectivity index (χ3n) is 1.72. The molecule has 0 saturated carbocycles. The molecule has 0 radical (unpaired) electrons. The number of ether oxygens (including phenoxy) is 1. The Labute approximate surface area is 107 Å². The summed E-state index contributed by atoms with van der Waals surface area (Å²) in [5.41, 5.74) is 1.04. The van der Waals surface area contributed by atoms with E-state index >= 15 is 0 Å². The number of thiazole rings is 1. The quantitative estimate of drug-likeness (QED) is 0.502. The largest absolute Gasteiger partial charge is 0.468 e. The second-order valence-electron chi connectivity index (χ2n) is 3.00. The predicted molar refractivity (Wildman–Crippen MR) is 68.4 cm³/mol. The van der Waals surface area contributed by atoms with Crippen molar-refractivity contribution >= 4 is 39.9 Å². The lowest BCUT2D eigenvalue weighted by Crippen LogP contribution is -2.29. The number of nitrogens with one attached hydrogen (secondary N) is 1. The first-order valence-corrected chi connectivity index (χ1v) is 6.59. The van der Waals surface area contributed by atoms with E-state index < -0.39 is 0 Å². The van der Waals surface area contributed by atoms with Crippen LogP contribution in [-0.4, -0.2) is 28.5 Å². The summed E-state index contributed by atoms with van der Waals surface area (Å²) >= 11 is 3.68. The molecule has 1 unspecified atom stereocenters. The van der Waals surface area contributed by atoms with Crippen molar-refractivity contribution in [3.63, 3.8) is 0 Å². The van der Waals surface area contributed by atoms with Crippen LogP contribution in [0.25, 0.3) is 0 Å². The van der Waals surface area contributed by atoms with E-state index in [1.807, 2.05) is 12.3 Å². The Morgan fingerprint density at radius 2 is 2.53 bits per heavy atom. The number of alkyl halides is 1. The minimum atomic E-state index is -0.196. The van der Waals surface area contributed by atoms with Gasteiger partial charge in [-0.05, 0) is 6.92 Å². The van der Waals surface area contributed by atoms with Crippen molar-refractivity contribution in [1.29, 1.82) is 0 Å². The van der Waals surface area contributed by atoms with Gasteiger partial charge in [-0.15, -0.1) is 11.3 Å². The number of rotatable bonds is 5. The molecule has 1 atom stereocenters. The summed E-state index contributed by atoms with van der Waals surface area (Å²) < 4.78 is 4.47. The van der Waals surface area contributed by atoms with Crippen LogP contribution in [0.15, 0.2) is 5.38 Å². The summed E-state index contributed by atoms with van der Waals surface area (Å²) in [5.74, 6) is -0.196. The average Bonchev–Trinajstić information content (AvgIpc) is 2.63. The number of hydrogen-bond acceptors (Lipinski definition) is 5. The van der Waals surface area contributed by atoms with Crippen LogP contribution in [0.3, 0.4) is 0 Å². The average molecular weight is 340 g/mol. The van der Waals surface area contributed by atoms with Crippen LogP contribution in [0.1, 0.15) is 10.7 Å². The standard InChI is InChI=1S/C9H13IN2O2S/c1-6-5-15-8(12-6)4-11-3-7(10)9(13)14-2/h5,7,11H,3-4H2,1-2H3. The monoisotopic (exact) mass is 340 g/mol. The molecule has 1 aromatic rings. The van der Waals surface area contributed by atoms with Crippen molar-refractivity contribution in [3.8, 4) is 0 Å². The number of halogens is 1. The van der Waals surface area contributed by atoms with E-state index in [2.05, 4.69) is 37.6 Å². The van der Waals surface area contributed by atoms with Gasteiger partial charge in [-0.3, -0.25) is 4.79 Å². The lowest BCUT2D eigenvalue weighted by Gasteiger charge is -2.07. The summed E-state index contributed by atoms with van der Waals surface area (Å²) in [6.45, 7) is 3.27. The van der Waals surface area contributed by atoms with E-state index in [1.165, 1.54) is 7.11 Å². The molecule has 4 nitrogen and oxygen atoms in total. The fourth-order valence-electron chi connectivity index (χ4n) is 1.00. The lowest BCUT2D eigenvalue weighted by atomic mass is 10.4. The highest BCUT2D eigenvalue weighted by atomic mass is 127. The maximum atomic E-state index is 11.1. The number of aromatic nitrogens is 1. The summed E-state index contributed by atoms with van der Waals surface area (Å²) in [7, 11) is 1.40. The lowest BCUT2D eigenvalue weighted by molar-refractivity contribution is -0.139. The molecule has 84 valence electrons. The Morgan fingerprint density at radius 1 is 1.80 bits per heavy atom. The first-order valence-electron chi connectivity index (χ1n) is 4.47. The number of carbonyl (C=O) groups is 1. The van der Waals surface area contributed by atoms with Crippen molar-refractivity contribution in [2.24, 2.45) is 0 Å². The smallest absolute Gasteiger partial charge is 0.319 e. The van der Waals surface area contributed by atoms with Gasteiger partial charge in [-0.25, -0.2) is 4.98 Å². The molecule has 1 heterocycles. The van der Waals surface area contributed by atoms with Crippen LogP contribution in [0.4, 0.5) is 0 Å². The molecule has 15 heavy (non-hydrogen) atoms. The van der Waals surface area contributed by atoms with Crippen molar-refractivity contribution in [1.82, 2.24) is 10.3 Å². The van der Waals surface area contributed by atoms with Crippen molar-refractivity contribution < 1.29 is 9.53 Å². The first kappa shape index (κ1) is 12.9. The van der Waals surface area contributed by atoms with E-state index in [9.17, 15) is 4.79 Å². The SMILES string of the molecule is COC(=O)C(I)CNCc1nc(C)cs1. The molecular formula is C9H13IN2O2S. The van der Waals surface area contributed by atoms with Gasteiger partial charge >= 0.3 is 5.97 Å². The molecule has 0 bridgehead atoms. The number of esters is 1. The minimum Gasteiger partial charge on any atom is -0.468 e. The molecule has 0 spiro atoms. The van der Waals surface area contributed by atoms with Crippen LogP contribution in [-0.2, 0) is 16.1 Å². The maximum absolute atomic E-state index is 11.1. The van der Waals surface area contributed by atoms with Crippen LogP contribution in [0.5, 0.6) is 0 Å². The number of carbonyl (C=O) groups excluding carboxylic acids is 1. The molecule has 0 fully saturated rings. The minimum absolute atomic E-state index is 0.145. The molecule has 1 rings (SSSR count). The summed E-state index contributed by atoms with van der Waals surface area (Å²) in [6, 6.07) is 0. The number of nitrogens with zero attached hydrogens (tertiary/aromatic N) is 1. The Morgan fingerprint density at radius 3 is 3.07 bits per heavy atom. The van der Waals surface area contributed by atoms with Crippen LogP contribution in [0.2, 0.25) is 0 Å². The van der Waals surface area contributed by atoms with Gasteiger partial charge in [0, 0.05) is 24.2 Å². The van der Waals surface area contributed by atoms with Crippen molar-refractivity contribution in [2.75, 3.05) is 13.7 Å². The third kappa shape index (κ3) is 4.43. The molecule has 0 aliphatic heterocycles. The Kier molecular flexibility index (Phi) is 5.48. The summed E-state index contributed by atoms with van der Waals surface area (Å²) in [6.07, 6.45) is 0. The number of hydrogen-bond donors (Lipinski definition) is 1. The second-order valence-corrected chi connectivity index (χ2v) is 5.45. The molecule has 1 aromatic heterocycles. The van der Waals surface area contributed by atoms with Crippen LogP contribution < -0.4 is 5.32 Å². The summed E-state index contributed by atoms with van der Waals surface area (Å²) in [4.78, 5) is 15.4. The predicted octanol–water partition coefficient (Wildman–Crippen LogP) is 1.52. The molecule has 0 aromatic carbocycles. The van der Waals surface area contributed by atoms with E-state index in [0.29, 0.717) is 13.1 Å². The zero-order valence-electron chi connectivity index (χ0n) is 8.62. The zero-order chi connectivity index (χ0) is 11.3. The van der Waals surface area contributed by atoms with Crippen LogP contribution in [0, 0.1) is 6.92 Å². The van der Waals surface area contributed by atoms with E-state index in [0.717, 1.165) is 10.7 Å². The number of methoxy groups -OCH3 is 1. The Balaban J connectivity index is 2.24. The molecular weight excluding hydrogens is 327 g/mol. The fourth-order valence-corrected chi connectivity index (χ4v) is 2.31. The van der Waals surface area contributed by atoms with Gasteiger partial charge in [-0.1, -0.05) is 22.6 Å². The first-order chi connectivity index (χ1) is 7.13. The van der Waals surface area contributed by atoms with Gasteiger partial charge in [0.1, 0.15) is 8.93 Å². The highest BCUT2D eigenvalue weighted by Crippen LogP contribution is 2.08. The fraction of sp³-hybridized carbons (Fsp3) is 0.556.